The lowest BCUT2D eigenvalue weighted by atomic mass is 9.84. The quantitative estimate of drug-likeness (QED) is 0.880. The number of hydrogen-bond acceptors (Lipinski definition) is 4. The molecular formula is C13H20O3S. The summed E-state index contributed by atoms with van der Waals surface area (Å²) in [5.74, 6) is 0.183. The minimum atomic E-state index is -0.760. The van der Waals surface area contributed by atoms with E-state index in [0.717, 1.165) is 11.3 Å². The van der Waals surface area contributed by atoms with Crippen molar-refractivity contribution in [2.24, 2.45) is 5.92 Å². The van der Waals surface area contributed by atoms with Gasteiger partial charge in [0.15, 0.2) is 6.29 Å². The average molecular weight is 256 g/mol. The summed E-state index contributed by atoms with van der Waals surface area (Å²) >= 11 is 1.61. The second-order valence-electron chi connectivity index (χ2n) is 4.77. The predicted octanol–water partition coefficient (Wildman–Crippen LogP) is 2.74. The van der Waals surface area contributed by atoms with E-state index in [2.05, 4.69) is 13.8 Å². The lowest BCUT2D eigenvalue weighted by Gasteiger charge is -2.32. The van der Waals surface area contributed by atoms with Gasteiger partial charge in [0.25, 0.3) is 0 Å². The monoisotopic (exact) mass is 256 g/mol. The molecule has 2 heterocycles. The maximum absolute atomic E-state index is 10.8. The lowest BCUT2D eigenvalue weighted by Crippen LogP contribution is -2.32. The van der Waals surface area contributed by atoms with Crippen molar-refractivity contribution in [2.45, 2.75) is 38.6 Å². The number of thiophene rings is 1. The molecule has 1 unspecified atom stereocenters. The Balaban J connectivity index is 2.01. The van der Waals surface area contributed by atoms with Gasteiger partial charge in [-0.15, -0.1) is 11.3 Å². The fraction of sp³-hybridized carbons (Fsp3) is 0.692. The molecule has 3 nitrogen and oxygen atoms in total. The van der Waals surface area contributed by atoms with E-state index in [9.17, 15) is 5.11 Å². The Kier molecular flexibility index (Phi) is 4.20. The molecule has 4 heteroatoms. The van der Waals surface area contributed by atoms with Crippen LogP contribution in [0.5, 0.6) is 0 Å². The number of aliphatic hydroxyl groups is 1. The summed E-state index contributed by atoms with van der Waals surface area (Å²) in [5, 5.41) is 12.8. The zero-order chi connectivity index (χ0) is 12.3. The van der Waals surface area contributed by atoms with E-state index in [-0.39, 0.29) is 12.2 Å². The molecule has 1 aliphatic rings. The zero-order valence-electron chi connectivity index (χ0n) is 10.4. The lowest BCUT2D eigenvalue weighted by molar-refractivity contribution is -0.0794. The van der Waals surface area contributed by atoms with Crippen molar-refractivity contribution in [1.82, 2.24) is 0 Å². The van der Waals surface area contributed by atoms with Crippen LogP contribution in [0.15, 0.2) is 17.5 Å². The van der Waals surface area contributed by atoms with Gasteiger partial charge in [-0.2, -0.15) is 0 Å². The predicted molar refractivity (Wildman–Crippen MR) is 68.0 cm³/mol. The first kappa shape index (κ1) is 13.0. The molecule has 1 aromatic rings. The first-order valence-corrected chi connectivity index (χ1v) is 7.00. The average Bonchev–Trinajstić information content (AvgIpc) is 2.98. The first-order chi connectivity index (χ1) is 8.13. The van der Waals surface area contributed by atoms with Gasteiger partial charge >= 0.3 is 0 Å². The Hall–Kier alpha value is -0.420. The van der Waals surface area contributed by atoms with Crippen LogP contribution < -0.4 is 0 Å². The van der Waals surface area contributed by atoms with Crippen molar-refractivity contribution in [1.29, 1.82) is 0 Å². The topological polar surface area (TPSA) is 38.7 Å². The van der Waals surface area contributed by atoms with Gasteiger partial charge in [-0.3, -0.25) is 0 Å². The highest BCUT2D eigenvalue weighted by molar-refractivity contribution is 7.10. The van der Waals surface area contributed by atoms with Gasteiger partial charge in [-0.05, 0) is 23.8 Å². The zero-order valence-corrected chi connectivity index (χ0v) is 11.2. The van der Waals surface area contributed by atoms with Crippen molar-refractivity contribution in [3.63, 3.8) is 0 Å². The molecule has 2 rings (SSSR count). The molecule has 0 radical (unpaired) electrons. The molecule has 1 aromatic heterocycles. The van der Waals surface area contributed by atoms with Gasteiger partial charge in [0.2, 0.25) is 0 Å². The molecule has 0 bridgehead atoms. The van der Waals surface area contributed by atoms with Gasteiger partial charge in [-0.1, -0.05) is 19.9 Å². The highest BCUT2D eigenvalue weighted by atomic mass is 32.1. The standard InChI is InChI=1S/C13H20O3S/c1-10(2)13(14,11-4-3-9-17-11)6-5-12-15-7-8-16-12/h3-4,9-10,12,14H,5-8H2,1-2H3. The Bertz CT molecular complexity index is 330. The van der Waals surface area contributed by atoms with E-state index in [0.29, 0.717) is 19.6 Å². The van der Waals surface area contributed by atoms with Gasteiger partial charge in [0, 0.05) is 11.3 Å². The Morgan fingerprint density at radius 3 is 2.71 bits per heavy atom. The van der Waals surface area contributed by atoms with Gasteiger partial charge < -0.3 is 14.6 Å². The van der Waals surface area contributed by atoms with Gasteiger partial charge in [0.1, 0.15) is 5.60 Å². The van der Waals surface area contributed by atoms with Crippen LogP contribution in [0.25, 0.3) is 0 Å². The molecule has 1 saturated heterocycles. The summed E-state index contributed by atoms with van der Waals surface area (Å²) in [7, 11) is 0. The summed E-state index contributed by atoms with van der Waals surface area (Å²) in [6.45, 7) is 5.44. The van der Waals surface area contributed by atoms with Gasteiger partial charge in [-0.25, -0.2) is 0 Å². The number of ether oxygens (including phenoxy) is 2. The maximum atomic E-state index is 10.8. The normalized spacial score (nSPS) is 20.9. The van der Waals surface area contributed by atoms with E-state index in [1.165, 1.54) is 0 Å². The fourth-order valence-electron chi connectivity index (χ4n) is 2.13. The molecule has 0 aliphatic carbocycles. The van der Waals surface area contributed by atoms with E-state index < -0.39 is 5.60 Å². The highest BCUT2D eigenvalue weighted by Crippen LogP contribution is 2.37. The highest BCUT2D eigenvalue weighted by Gasteiger charge is 2.35. The molecule has 1 aliphatic heterocycles. The maximum Gasteiger partial charge on any atom is 0.157 e. The molecule has 0 spiro atoms. The number of rotatable bonds is 5. The van der Waals surface area contributed by atoms with Crippen molar-refractivity contribution in [2.75, 3.05) is 13.2 Å². The summed E-state index contributed by atoms with van der Waals surface area (Å²) in [6.07, 6.45) is 1.28. The van der Waals surface area contributed by atoms with Crippen LogP contribution in [0.1, 0.15) is 31.6 Å². The Morgan fingerprint density at radius 1 is 1.47 bits per heavy atom. The summed E-state index contributed by atoms with van der Waals surface area (Å²) in [5.41, 5.74) is -0.760. The van der Waals surface area contributed by atoms with Crippen LogP contribution in [0, 0.1) is 5.92 Å². The van der Waals surface area contributed by atoms with E-state index in [4.69, 9.17) is 9.47 Å². The Morgan fingerprint density at radius 2 is 2.18 bits per heavy atom. The van der Waals surface area contributed by atoms with E-state index >= 15 is 0 Å². The van der Waals surface area contributed by atoms with Crippen LogP contribution in [0.2, 0.25) is 0 Å². The van der Waals surface area contributed by atoms with Crippen LogP contribution in [0.3, 0.4) is 0 Å². The molecule has 1 fully saturated rings. The van der Waals surface area contributed by atoms with Crippen molar-refractivity contribution in [3.8, 4) is 0 Å². The molecule has 0 saturated carbocycles. The first-order valence-electron chi connectivity index (χ1n) is 6.12. The summed E-state index contributed by atoms with van der Waals surface area (Å²) in [6, 6.07) is 3.98. The molecule has 96 valence electrons. The largest absolute Gasteiger partial charge is 0.384 e. The summed E-state index contributed by atoms with van der Waals surface area (Å²) < 4.78 is 10.8. The molecule has 17 heavy (non-hydrogen) atoms. The molecule has 1 N–H and O–H groups in total. The van der Waals surface area contributed by atoms with E-state index in [1.807, 2.05) is 17.5 Å². The third-order valence-corrected chi connectivity index (χ3v) is 4.39. The second-order valence-corrected chi connectivity index (χ2v) is 5.71. The Labute approximate surface area is 106 Å². The van der Waals surface area contributed by atoms with Crippen molar-refractivity contribution in [3.05, 3.63) is 22.4 Å². The molecule has 1 atom stereocenters. The van der Waals surface area contributed by atoms with Crippen molar-refractivity contribution >= 4 is 11.3 Å². The summed E-state index contributed by atoms with van der Waals surface area (Å²) in [4.78, 5) is 1.03. The molecule has 0 amide bonds. The third-order valence-electron chi connectivity index (χ3n) is 3.35. The smallest absolute Gasteiger partial charge is 0.157 e. The van der Waals surface area contributed by atoms with Crippen molar-refractivity contribution < 1.29 is 14.6 Å². The van der Waals surface area contributed by atoms with Gasteiger partial charge in [0.05, 0.1) is 13.2 Å². The number of hydrogen-bond donors (Lipinski definition) is 1. The van der Waals surface area contributed by atoms with Crippen LogP contribution in [-0.2, 0) is 15.1 Å². The minimum Gasteiger partial charge on any atom is -0.384 e. The van der Waals surface area contributed by atoms with Crippen LogP contribution in [-0.4, -0.2) is 24.6 Å². The van der Waals surface area contributed by atoms with E-state index in [1.54, 1.807) is 11.3 Å². The molecule has 0 aromatic carbocycles. The van der Waals surface area contributed by atoms with Crippen LogP contribution in [0.4, 0.5) is 0 Å². The molecular weight excluding hydrogens is 236 g/mol. The SMILES string of the molecule is CC(C)C(O)(CCC1OCCO1)c1cccs1. The second kappa shape index (κ2) is 5.48. The minimum absolute atomic E-state index is 0.139. The van der Waals surface area contributed by atoms with Crippen LogP contribution >= 0.6 is 11.3 Å². The fourth-order valence-corrected chi connectivity index (χ4v) is 3.14. The third kappa shape index (κ3) is 2.88.